The van der Waals surface area contributed by atoms with Gasteiger partial charge in [0, 0.05) is 46.0 Å². The van der Waals surface area contributed by atoms with Crippen LogP contribution in [0.15, 0.2) is 52.6 Å². The molecule has 0 aromatic heterocycles. The molecular formula is C26H46N4O. The Hall–Kier alpha value is -1.98. The van der Waals surface area contributed by atoms with Gasteiger partial charge in [-0.25, -0.2) is 0 Å². The maximum Gasteiger partial charge on any atom is 0.219 e. The van der Waals surface area contributed by atoms with Crippen molar-refractivity contribution in [1.29, 1.82) is 0 Å². The Kier molecular flexibility index (Phi) is 15.6. The Morgan fingerprint density at radius 1 is 1.16 bits per heavy atom. The summed E-state index contributed by atoms with van der Waals surface area (Å²) in [6.45, 7) is 12.9. The van der Waals surface area contributed by atoms with Gasteiger partial charge in [-0.3, -0.25) is 20.0 Å². The molecule has 0 bridgehead atoms. The van der Waals surface area contributed by atoms with Crippen molar-refractivity contribution >= 4 is 12.1 Å². The number of allylic oxidation sites excluding steroid dienone is 5. The normalized spacial score (nSPS) is 16.6. The third-order valence-electron chi connectivity index (χ3n) is 5.76. The fourth-order valence-electron chi connectivity index (χ4n) is 3.62. The maximum atomic E-state index is 11.9. The highest BCUT2D eigenvalue weighted by molar-refractivity contribution is 5.73. The van der Waals surface area contributed by atoms with Crippen LogP contribution in [0.5, 0.6) is 0 Å². The van der Waals surface area contributed by atoms with Gasteiger partial charge in [-0.15, -0.1) is 0 Å². The summed E-state index contributed by atoms with van der Waals surface area (Å²) >= 11 is 0. The van der Waals surface area contributed by atoms with Crippen LogP contribution in [-0.4, -0.2) is 67.9 Å². The standard InChI is InChI=1S/C26H46N4O/c1-10-13-15-16-24(12-3)26(21(4)18-19-27-7)29(8)20-28-25(17-14-11-2)22(5)30(9)23(6)31/h10,12-13,15-16,18-19,22,25-26,28H,11,14,17,20H2,1-9H3/b13-10-,16-15-,21-18+,24-12+,27-19-/t22-,25?,26?/m1/s1. The molecule has 0 aliphatic rings. The number of likely N-dealkylation sites (N-methyl/N-ethyl adjacent to an activating group) is 2. The number of amides is 1. The molecule has 0 aromatic rings. The SMILES string of the molecule is C\C=C/C=C\C(=C/C)C(/C(C)=C/C=N\C)N(C)CNC(CCCC)[C@@H](C)N(C)C(C)=O. The molecule has 3 atom stereocenters. The molecule has 0 saturated heterocycles. The van der Waals surface area contributed by atoms with Crippen LogP contribution in [-0.2, 0) is 4.79 Å². The smallest absolute Gasteiger partial charge is 0.219 e. The summed E-state index contributed by atoms with van der Waals surface area (Å²) < 4.78 is 0. The maximum absolute atomic E-state index is 11.9. The van der Waals surface area contributed by atoms with Gasteiger partial charge in [-0.05, 0) is 52.8 Å². The second-order valence-corrected chi connectivity index (χ2v) is 8.13. The summed E-state index contributed by atoms with van der Waals surface area (Å²) in [6, 6.07) is 0.506. The topological polar surface area (TPSA) is 47.9 Å². The summed E-state index contributed by atoms with van der Waals surface area (Å²) in [5.74, 6) is 0.102. The number of hydrogen-bond acceptors (Lipinski definition) is 4. The van der Waals surface area contributed by atoms with E-state index in [1.54, 1.807) is 14.0 Å². The van der Waals surface area contributed by atoms with Crippen LogP contribution in [0.1, 0.15) is 60.8 Å². The molecule has 176 valence electrons. The highest BCUT2D eigenvalue weighted by atomic mass is 16.2. The van der Waals surface area contributed by atoms with Crippen LogP contribution in [0, 0.1) is 0 Å². The summed E-state index contributed by atoms with van der Waals surface area (Å²) in [5.41, 5.74) is 2.46. The van der Waals surface area contributed by atoms with Gasteiger partial charge in [0.15, 0.2) is 0 Å². The van der Waals surface area contributed by atoms with Crippen LogP contribution >= 0.6 is 0 Å². The van der Waals surface area contributed by atoms with Crippen molar-refractivity contribution in [2.24, 2.45) is 4.99 Å². The lowest BCUT2D eigenvalue weighted by molar-refractivity contribution is -0.129. The molecule has 0 fully saturated rings. The van der Waals surface area contributed by atoms with Gasteiger partial charge in [0.25, 0.3) is 0 Å². The number of aliphatic imine (C=N–C) groups is 1. The van der Waals surface area contributed by atoms with Crippen LogP contribution < -0.4 is 5.32 Å². The van der Waals surface area contributed by atoms with Gasteiger partial charge < -0.3 is 4.90 Å². The van der Waals surface area contributed by atoms with Gasteiger partial charge in [0.2, 0.25) is 5.91 Å². The fraction of sp³-hybridized carbons (Fsp3) is 0.615. The molecule has 0 aliphatic heterocycles. The first kappa shape index (κ1) is 29.0. The van der Waals surface area contributed by atoms with E-state index >= 15 is 0 Å². The number of carbonyl (C=O) groups is 1. The van der Waals surface area contributed by atoms with Gasteiger partial charge >= 0.3 is 0 Å². The first-order chi connectivity index (χ1) is 14.7. The monoisotopic (exact) mass is 430 g/mol. The Morgan fingerprint density at radius 3 is 2.35 bits per heavy atom. The van der Waals surface area contributed by atoms with Crippen molar-refractivity contribution in [3.8, 4) is 0 Å². The van der Waals surface area contributed by atoms with Crippen LogP contribution in [0.25, 0.3) is 0 Å². The molecule has 0 aliphatic carbocycles. The number of nitrogens with one attached hydrogen (secondary N) is 1. The van der Waals surface area contributed by atoms with E-state index in [0.717, 1.165) is 25.9 Å². The Labute approximate surface area is 191 Å². The summed E-state index contributed by atoms with van der Waals surface area (Å²) in [7, 11) is 5.82. The molecule has 5 heteroatoms. The Bertz CT molecular complexity index is 660. The number of rotatable bonds is 14. The van der Waals surface area contributed by atoms with E-state index in [1.165, 1.54) is 11.1 Å². The van der Waals surface area contributed by atoms with E-state index in [-0.39, 0.29) is 24.0 Å². The van der Waals surface area contributed by atoms with Crippen molar-refractivity contribution in [2.75, 3.05) is 27.8 Å². The van der Waals surface area contributed by atoms with E-state index < -0.39 is 0 Å². The lowest BCUT2D eigenvalue weighted by Crippen LogP contribution is -2.52. The van der Waals surface area contributed by atoms with Crippen molar-refractivity contribution in [1.82, 2.24) is 15.1 Å². The van der Waals surface area contributed by atoms with E-state index in [1.807, 2.05) is 37.2 Å². The molecule has 31 heavy (non-hydrogen) atoms. The zero-order valence-electron chi connectivity index (χ0n) is 21.4. The Balaban J connectivity index is 5.66. The molecule has 0 rings (SSSR count). The molecule has 1 amide bonds. The number of carbonyl (C=O) groups excluding carboxylic acids is 1. The van der Waals surface area contributed by atoms with Gasteiger partial charge in [-0.2, -0.15) is 0 Å². The first-order valence-corrected chi connectivity index (χ1v) is 11.5. The van der Waals surface area contributed by atoms with Crippen molar-refractivity contribution < 1.29 is 4.79 Å². The van der Waals surface area contributed by atoms with Crippen molar-refractivity contribution in [3.05, 3.63) is 47.6 Å². The molecule has 5 nitrogen and oxygen atoms in total. The Morgan fingerprint density at radius 2 is 1.84 bits per heavy atom. The van der Waals surface area contributed by atoms with Crippen molar-refractivity contribution in [2.45, 2.75) is 78.9 Å². The second kappa shape index (κ2) is 16.7. The second-order valence-electron chi connectivity index (χ2n) is 8.13. The third kappa shape index (κ3) is 10.7. The van der Waals surface area contributed by atoms with E-state index in [0.29, 0.717) is 0 Å². The molecule has 0 aromatic carbocycles. The first-order valence-electron chi connectivity index (χ1n) is 11.5. The summed E-state index contributed by atoms with van der Waals surface area (Å²) in [6.07, 6.45) is 17.7. The molecule has 0 heterocycles. The van der Waals surface area contributed by atoms with Crippen LogP contribution in [0.3, 0.4) is 0 Å². The van der Waals surface area contributed by atoms with Gasteiger partial charge in [0.1, 0.15) is 0 Å². The van der Waals surface area contributed by atoms with Crippen LogP contribution in [0.4, 0.5) is 0 Å². The number of hydrogen-bond donors (Lipinski definition) is 1. The molecule has 1 N–H and O–H groups in total. The lowest BCUT2D eigenvalue weighted by atomic mass is 9.97. The minimum Gasteiger partial charge on any atom is -0.342 e. The number of unbranched alkanes of at least 4 members (excludes halogenated alkanes) is 1. The minimum absolute atomic E-state index is 0.102. The minimum atomic E-state index is 0.102. The van der Waals surface area contributed by atoms with Gasteiger partial charge in [0.05, 0.1) is 6.04 Å². The predicted molar refractivity (Wildman–Crippen MR) is 137 cm³/mol. The van der Waals surface area contributed by atoms with E-state index in [2.05, 4.69) is 74.3 Å². The number of nitrogens with zero attached hydrogens (tertiary/aromatic N) is 3. The van der Waals surface area contributed by atoms with Gasteiger partial charge in [-0.1, -0.05) is 55.7 Å². The predicted octanol–water partition coefficient (Wildman–Crippen LogP) is 4.99. The molecule has 0 spiro atoms. The molecule has 0 saturated carbocycles. The molecule has 0 radical (unpaired) electrons. The summed E-state index contributed by atoms with van der Waals surface area (Å²) in [5, 5.41) is 3.73. The average molecular weight is 431 g/mol. The lowest BCUT2D eigenvalue weighted by Gasteiger charge is -2.36. The van der Waals surface area contributed by atoms with Crippen molar-refractivity contribution in [3.63, 3.8) is 0 Å². The molecular weight excluding hydrogens is 384 g/mol. The quantitative estimate of drug-likeness (QED) is 0.240. The van der Waals surface area contributed by atoms with E-state index in [9.17, 15) is 4.79 Å². The van der Waals surface area contributed by atoms with Crippen LogP contribution in [0.2, 0.25) is 0 Å². The largest absolute Gasteiger partial charge is 0.342 e. The zero-order chi connectivity index (χ0) is 23.8. The highest BCUT2D eigenvalue weighted by Gasteiger charge is 2.24. The zero-order valence-corrected chi connectivity index (χ0v) is 21.4. The van der Waals surface area contributed by atoms with E-state index in [4.69, 9.17) is 0 Å². The average Bonchev–Trinajstić information content (AvgIpc) is 2.75. The molecule has 2 unspecified atom stereocenters. The highest BCUT2D eigenvalue weighted by Crippen LogP contribution is 2.20. The third-order valence-corrected chi connectivity index (χ3v) is 5.76. The summed E-state index contributed by atoms with van der Waals surface area (Å²) in [4.78, 5) is 20.2. The fourth-order valence-corrected chi connectivity index (χ4v) is 3.62.